The molecule has 0 amide bonds. The van der Waals surface area contributed by atoms with Gasteiger partial charge in [0.25, 0.3) is 0 Å². The third-order valence-electron chi connectivity index (χ3n) is 4.08. The van der Waals surface area contributed by atoms with Gasteiger partial charge in [0.1, 0.15) is 0 Å². The highest BCUT2D eigenvalue weighted by atomic mass is 127. The number of methoxy groups -OCH3 is 1. The average Bonchev–Trinajstić information content (AvgIpc) is 2.90. The van der Waals surface area contributed by atoms with Gasteiger partial charge in [-0.05, 0) is 26.3 Å². The first kappa shape index (κ1) is 22.4. The Kier molecular flexibility index (Phi) is 10.3. The van der Waals surface area contributed by atoms with E-state index in [4.69, 9.17) is 4.74 Å². The molecule has 1 heterocycles. The standard InChI is InChI=1S/C19H29N5O.HI/c1-5-20-19(21-13-17-9-7-6-8-10-17)22-14-18-15(2)23-24(16(18)3)11-12-25-4;/h6-10H,5,11-14H2,1-4H3,(H2,20,21,22);1H. The Bertz CT molecular complexity index is 685. The Morgan fingerprint density at radius 2 is 1.92 bits per heavy atom. The number of aryl methyl sites for hydroxylation is 1. The van der Waals surface area contributed by atoms with Crippen LogP contribution in [0.4, 0.5) is 0 Å². The highest BCUT2D eigenvalue weighted by Gasteiger charge is 2.11. The summed E-state index contributed by atoms with van der Waals surface area (Å²) in [4.78, 5) is 4.66. The third-order valence-corrected chi connectivity index (χ3v) is 4.08. The fourth-order valence-corrected chi connectivity index (χ4v) is 2.65. The van der Waals surface area contributed by atoms with E-state index in [2.05, 4.69) is 46.7 Å². The van der Waals surface area contributed by atoms with E-state index in [-0.39, 0.29) is 24.0 Å². The van der Waals surface area contributed by atoms with Gasteiger partial charge in [-0.2, -0.15) is 5.10 Å². The molecule has 0 fully saturated rings. The van der Waals surface area contributed by atoms with Crippen LogP contribution in [0.3, 0.4) is 0 Å². The highest BCUT2D eigenvalue weighted by Crippen LogP contribution is 2.12. The van der Waals surface area contributed by atoms with Crippen molar-refractivity contribution in [2.45, 2.75) is 40.4 Å². The first-order valence-electron chi connectivity index (χ1n) is 8.73. The largest absolute Gasteiger partial charge is 0.383 e. The van der Waals surface area contributed by atoms with Crippen LogP contribution in [0.25, 0.3) is 0 Å². The number of nitrogens with zero attached hydrogens (tertiary/aromatic N) is 3. The molecular formula is C19H30IN5O. The molecule has 2 aromatic rings. The van der Waals surface area contributed by atoms with Gasteiger partial charge in [0.05, 0.1) is 25.4 Å². The third kappa shape index (κ3) is 6.60. The van der Waals surface area contributed by atoms with Crippen LogP contribution in [0.2, 0.25) is 0 Å². The molecule has 2 N–H and O–H groups in total. The molecule has 144 valence electrons. The summed E-state index contributed by atoms with van der Waals surface area (Å²) in [5.74, 6) is 0.815. The van der Waals surface area contributed by atoms with Crippen molar-refractivity contribution < 1.29 is 4.74 Å². The molecule has 0 saturated heterocycles. The molecule has 0 bridgehead atoms. The van der Waals surface area contributed by atoms with Gasteiger partial charge >= 0.3 is 0 Å². The minimum Gasteiger partial charge on any atom is -0.383 e. The van der Waals surface area contributed by atoms with Gasteiger partial charge in [0.2, 0.25) is 0 Å². The molecule has 26 heavy (non-hydrogen) atoms. The quantitative estimate of drug-likeness (QED) is 0.353. The molecule has 0 saturated carbocycles. The molecule has 7 heteroatoms. The van der Waals surface area contributed by atoms with Crippen molar-refractivity contribution in [1.29, 1.82) is 0 Å². The second-order valence-electron chi connectivity index (χ2n) is 5.90. The van der Waals surface area contributed by atoms with Gasteiger partial charge < -0.3 is 15.4 Å². The average molecular weight is 471 g/mol. The van der Waals surface area contributed by atoms with E-state index in [9.17, 15) is 0 Å². The van der Waals surface area contributed by atoms with E-state index in [1.165, 1.54) is 16.8 Å². The summed E-state index contributed by atoms with van der Waals surface area (Å²) in [5, 5.41) is 11.3. The summed E-state index contributed by atoms with van der Waals surface area (Å²) in [6, 6.07) is 10.3. The zero-order valence-corrected chi connectivity index (χ0v) is 18.4. The highest BCUT2D eigenvalue weighted by molar-refractivity contribution is 14.0. The molecule has 0 unspecified atom stereocenters. The number of ether oxygens (including phenoxy) is 1. The SMILES string of the molecule is CCNC(=NCc1ccccc1)NCc1c(C)nn(CCOC)c1C.I. The molecule has 1 aromatic heterocycles. The van der Waals surface area contributed by atoms with E-state index in [0.29, 0.717) is 19.7 Å². The van der Waals surface area contributed by atoms with Crippen LogP contribution in [-0.4, -0.2) is 36.0 Å². The molecule has 2 rings (SSSR count). The molecular weight excluding hydrogens is 441 g/mol. The van der Waals surface area contributed by atoms with Gasteiger partial charge in [-0.1, -0.05) is 30.3 Å². The van der Waals surface area contributed by atoms with E-state index < -0.39 is 0 Å². The first-order valence-corrected chi connectivity index (χ1v) is 8.73. The number of aliphatic imine (C=N–C) groups is 1. The summed E-state index contributed by atoms with van der Waals surface area (Å²) in [7, 11) is 1.71. The van der Waals surface area contributed by atoms with Crippen LogP contribution in [0.5, 0.6) is 0 Å². The lowest BCUT2D eigenvalue weighted by atomic mass is 10.2. The Morgan fingerprint density at radius 1 is 1.19 bits per heavy atom. The summed E-state index contributed by atoms with van der Waals surface area (Å²) < 4.78 is 7.15. The smallest absolute Gasteiger partial charge is 0.191 e. The van der Waals surface area contributed by atoms with Crippen LogP contribution in [0, 0.1) is 13.8 Å². The summed E-state index contributed by atoms with van der Waals surface area (Å²) in [5.41, 5.74) is 4.61. The predicted octanol–water partition coefficient (Wildman–Crippen LogP) is 3.02. The number of hydrogen-bond acceptors (Lipinski definition) is 3. The van der Waals surface area contributed by atoms with Gasteiger partial charge in [-0.25, -0.2) is 4.99 Å². The first-order chi connectivity index (χ1) is 12.2. The second kappa shape index (κ2) is 11.9. The molecule has 6 nitrogen and oxygen atoms in total. The predicted molar refractivity (Wildman–Crippen MR) is 117 cm³/mol. The Labute approximate surface area is 173 Å². The number of halogens is 1. The molecule has 0 atom stereocenters. The van der Waals surface area contributed by atoms with Crippen molar-refractivity contribution in [3.8, 4) is 0 Å². The lowest BCUT2D eigenvalue weighted by Crippen LogP contribution is -2.37. The molecule has 0 radical (unpaired) electrons. The van der Waals surface area contributed by atoms with Crippen molar-refractivity contribution >= 4 is 29.9 Å². The van der Waals surface area contributed by atoms with E-state index in [1.54, 1.807) is 7.11 Å². The minimum absolute atomic E-state index is 0. The fourth-order valence-electron chi connectivity index (χ4n) is 2.65. The zero-order chi connectivity index (χ0) is 18.1. The summed E-state index contributed by atoms with van der Waals surface area (Å²) in [6.45, 7) is 9.82. The normalized spacial score (nSPS) is 11.2. The Morgan fingerprint density at radius 3 is 2.58 bits per heavy atom. The lowest BCUT2D eigenvalue weighted by Gasteiger charge is -2.12. The van der Waals surface area contributed by atoms with Crippen LogP contribution >= 0.6 is 24.0 Å². The number of benzene rings is 1. The van der Waals surface area contributed by atoms with Crippen molar-refractivity contribution in [1.82, 2.24) is 20.4 Å². The van der Waals surface area contributed by atoms with Crippen LogP contribution in [-0.2, 0) is 24.4 Å². The maximum Gasteiger partial charge on any atom is 0.191 e. The number of guanidine groups is 1. The lowest BCUT2D eigenvalue weighted by molar-refractivity contribution is 0.182. The van der Waals surface area contributed by atoms with Crippen molar-refractivity contribution in [3.05, 3.63) is 52.8 Å². The zero-order valence-electron chi connectivity index (χ0n) is 16.1. The maximum absolute atomic E-state index is 5.15. The van der Waals surface area contributed by atoms with Crippen molar-refractivity contribution in [2.24, 2.45) is 4.99 Å². The number of hydrogen-bond donors (Lipinski definition) is 2. The molecule has 0 aliphatic rings. The fraction of sp³-hybridized carbons (Fsp3) is 0.474. The topological polar surface area (TPSA) is 63.5 Å². The van der Waals surface area contributed by atoms with Crippen LogP contribution < -0.4 is 10.6 Å². The summed E-state index contributed by atoms with van der Waals surface area (Å²) in [6.07, 6.45) is 0. The number of aromatic nitrogens is 2. The summed E-state index contributed by atoms with van der Waals surface area (Å²) >= 11 is 0. The van der Waals surface area contributed by atoms with Crippen LogP contribution in [0.1, 0.15) is 29.4 Å². The Balaban J connectivity index is 0.00000338. The Hall–Kier alpha value is -1.61. The monoisotopic (exact) mass is 471 g/mol. The van der Waals surface area contributed by atoms with Crippen molar-refractivity contribution in [2.75, 3.05) is 20.3 Å². The molecule has 0 spiro atoms. The van der Waals surface area contributed by atoms with Gasteiger partial charge in [-0.15, -0.1) is 24.0 Å². The van der Waals surface area contributed by atoms with Crippen LogP contribution in [0.15, 0.2) is 35.3 Å². The van der Waals surface area contributed by atoms with Gasteiger partial charge in [-0.3, -0.25) is 4.68 Å². The molecule has 0 aliphatic heterocycles. The van der Waals surface area contributed by atoms with Crippen molar-refractivity contribution in [3.63, 3.8) is 0 Å². The van der Waals surface area contributed by atoms with Gasteiger partial charge in [0.15, 0.2) is 5.96 Å². The number of nitrogens with one attached hydrogen (secondary N) is 2. The second-order valence-corrected chi connectivity index (χ2v) is 5.90. The molecule has 1 aromatic carbocycles. The van der Waals surface area contributed by atoms with E-state index >= 15 is 0 Å². The van der Waals surface area contributed by atoms with E-state index in [1.807, 2.05) is 29.8 Å². The minimum atomic E-state index is 0. The van der Waals surface area contributed by atoms with E-state index in [0.717, 1.165) is 24.7 Å². The molecule has 0 aliphatic carbocycles. The maximum atomic E-state index is 5.15. The van der Waals surface area contributed by atoms with Gasteiger partial charge in [0, 0.05) is 31.5 Å². The number of rotatable bonds is 8.